The summed E-state index contributed by atoms with van der Waals surface area (Å²) in [5, 5.41) is 2.97. The Morgan fingerprint density at radius 2 is 2.00 bits per heavy atom. The van der Waals surface area contributed by atoms with Gasteiger partial charge in [-0.05, 0) is 24.7 Å². The van der Waals surface area contributed by atoms with Gasteiger partial charge in [0.05, 0.1) is 11.1 Å². The quantitative estimate of drug-likeness (QED) is 0.611. The summed E-state index contributed by atoms with van der Waals surface area (Å²) in [7, 11) is 1.85. The van der Waals surface area contributed by atoms with E-state index in [1.165, 1.54) is 0 Å². The van der Waals surface area contributed by atoms with Gasteiger partial charge in [0.2, 0.25) is 0 Å². The molecule has 1 aromatic rings. The van der Waals surface area contributed by atoms with Crippen LogP contribution in [0.2, 0.25) is 0 Å². The third kappa shape index (κ3) is 1.87. The molecule has 4 heteroatoms. The number of carbonyl (C=O) groups is 2. The molecular formula is C12H11NO3. The van der Waals surface area contributed by atoms with Crippen molar-refractivity contribution in [3.05, 3.63) is 41.0 Å². The molecule has 1 aromatic carbocycles. The maximum absolute atomic E-state index is 11.3. The van der Waals surface area contributed by atoms with Crippen LogP contribution in [-0.2, 0) is 4.74 Å². The van der Waals surface area contributed by atoms with Gasteiger partial charge in [0.1, 0.15) is 0 Å². The fourth-order valence-electron chi connectivity index (χ4n) is 1.52. The Kier molecular flexibility index (Phi) is 2.83. The van der Waals surface area contributed by atoms with Gasteiger partial charge in [0, 0.05) is 6.54 Å². The van der Waals surface area contributed by atoms with Crippen LogP contribution in [0.25, 0.3) is 6.08 Å². The van der Waals surface area contributed by atoms with Crippen LogP contribution in [0.3, 0.4) is 0 Å². The van der Waals surface area contributed by atoms with Gasteiger partial charge in [-0.2, -0.15) is 0 Å². The van der Waals surface area contributed by atoms with Gasteiger partial charge in [-0.3, -0.25) is 0 Å². The second kappa shape index (κ2) is 4.28. The van der Waals surface area contributed by atoms with E-state index in [9.17, 15) is 9.59 Å². The average molecular weight is 217 g/mol. The number of fused-ring (bicyclic) bond motifs is 1. The lowest BCUT2D eigenvalue weighted by Crippen LogP contribution is -2.03. The lowest BCUT2D eigenvalue weighted by atomic mass is 10.1. The first-order valence-corrected chi connectivity index (χ1v) is 4.94. The zero-order valence-corrected chi connectivity index (χ0v) is 8.82. The Morgan fingerprint density at radius 1 is 1.25 bits per heavy atom. The fourth-order valence-corrected chi connectivity index (χ4v) is 1.52. The first kappa shape index (κ1) is 10.6. The summed E-state index contributed by atoms with van der Waals surface area (Å²) in [6.07, 6.45) is 3.82. The number of benzene rings is 1. The van der Waals surface area contributed by atoms with Gasteiger partial charge >= 0.3 is 11.9 Å². The highest BCUT2D eigenvalue weighted by molar-refractivity contribution is 6.14. The Morgan fingerprint density at radius 3 is 2.75 bits per heavy atom. The first-order valence-electron chi connectivity index (χ1n) is 4.94. The van der Waals surface area contributed by atoms with Crippen LogP contribution in [0.15, 0.2) is 24.3 Å². The number of hydrogen-bond acceptors (Lipinski definition) is 4. The van der Waals surface area contributed by atoms with Crippen LogP contribution in [0.4, 0.5) is 0 Å². The molecule has 0 saturated heterocycles. The number of rotatable bonds is 3. The lowest BCUT2D eigenvalue weighted by molar-refractivity contribution is 0.0444. The number of hydrogen-bond donors (Lipinski definition) is 1. The maximum Gasteiger partial charge on any atom is 0.346 e. The predicted molar refractivity (Wildman–Crippen MR) is 59.1 cm³/mol. The molecule has 16 heavy (non-hydrogen) atoms. The van der Waals surface area contributed by atoms with Crippen LogP contribution in [0.5, 0.6) is 0 Å². The summed E-state index contributed by atoms with van der Waals surface area (Å²) in [4.78, 5) is 22.5. The largest absolute Gasteiger partial charge is 0.386 e. The van der Waals surface area contributed by atoms with E-state index in [-0.39, 0.29) is 0 Å². The summed E-state index contributed by atoms with van der Waals surface area (Å²) >= 11 is 0. The van der Waals surface area contributed by atoms with Crippen molar-refractivity contribution in [3.8, 4) is 0 Å². The first-order chi connectivity index (χ1) is 7.72. The second-order valence-corrected chi connectivity index (χ2v) is 3.44. The van der Waals surface area contributed by atoms with Crippen molar-refractivity contribution in [2.75, 3.05) is 13.6 Å². The number of nitrogens with one attached hydrogen (secondary N) is 1. The lowest BCUT2D eigenvalue weighted by Gasteiger charge is -1.96. The number of carbonyl (C=O) groups excluding carboxylic acids is 2. The van der Waals surface area contributed by atoms with E-state index >= 15 is 0 Å². The van der Waals surface area contributed by atoms with Crippen molar-refractivity contribution in [2.45, 2.75) is 0 Å². The number of ether oxygens (including phenoxy) is 1. The van der Waals surface area contributed by atoms with Crippen LogP contribution < -0.4 is 5.32 Å². The van der Waals surface area contributed by atoms with Crippen molar-refractivity contribution < 1.29 is 14.3 Å². The molecule has 2 rings (SSSR count). The molecule has 0 bridgehead atoms. The highest BCUT2D eigenvalue weighted by Crippen LogP contribution is 2.21. The summed E-state index contributed by atoms with van der Waals surface area (Å²) in [5.41, 5.74) is 1.56. The van der Waals surface area contributed by atoms with Gasteiger partial charge in [0.15, 0.2) is 0 Å². The molecule has 0 spiro atoms. The smallest absolute Gasteiger partial charge is 0.346 e. The number of cyclic esters (lactones) is 2. The minimum atomic E-state index is -0.566. The summed E-state index contributed by atoms with van der Waals surface area (Å²) in [5.74, 6) is -1.13. The van der Waals surface area contributed by atoms with Crippen molar-refractivity contribution in [2.24, 2.45) is 0 Å². The molecule has 0 unspecified atom stereocenters. The Bertz CT molecular complexity index is 477. The number of esters is 2. The summed E-state index contributed by atoms with van der Waals surface area (Å²) in [6, 6.07) is 5.06. The summed E-state index contributed by atoms with van der Waals surface area (Å²) in [6.45, 7) is 0.750. The molecule has 1 aliphatic heterocycles. The van der Waals surface area contributed by atoms with E-state index in [1.807, 2.05) is 19.2 Å². The zero-order chi connectivity index (χ0) is 11.5. The van der Waals surface area contributed by atoms with Crippen molar-refractivity contribution in [1.29, 1.82) is 0 Å². The molecule has 82 valence electrons. The van der Waals surface area contributed by atoms with Gasteiger partial charge < -0.3 is 10.1 Å². The fraction of sp³-hybridized carbons (Fsp3) is 0.167. The van der Waals surface area contributed by atoms with Crippen LogP contribution in [0, 0.1) is 0 Å². The van der Waals surface area contributed by atoms with Crippen molar-refractivity contribution in [1.82, 2.24) is 5.32 Å². The molecule has 0 aliphatic carbocycles. The molecule has 0 amide bonds. The topological polar surface area (TPSA) is 55.4 Å². The standard InChI is InChI=1S/C12H11NO3/c1-13-6-2-3-8-4-5-9-10(7-8)12(15)16-11(9)14/h2-5,7,13H,6H2,1H3. The van der Waals surface area contributed by atoms with Gasteiger partial charge in [0.25, 0.3) is 0 Å². The third-order valence-electron chi connectivity index (χ3n) is 2.30. The minimum Gasteiger partial charge on any atom is -0.386 e. The van der Waals surface area contributed by atoms with Gasteiger partial charge in [-0.25, -0.2) is 9.59 Å². The molecule has 0 aromatic heterocycles. The third-order valence-corrected chi connectivity index (χ3v) is 2.30. The average Bonchev–Trinajstić information content (AvgIpc) is 2.55. The molecule has 1 N–H and O–H groups in total. The predicted octanol–water partition coefficient (Wildman–Crippen LogP) is 1.23. The highest BCUT2D eigenvalue weighted by atomic mass is 16.6. The molecule has 4 nitrogen and oxygen atoms in total. The SMILES string of the molecule is CNCC=Cc1ccc2c(c1)C(=O)OC2=O. The van der Waals surface area contributed by atoms with Gasteiger partial charge in [-0.15, -0.1) is 0 Å². The van der Waals surface area contributed by atoms with E-state index in [1.54, 1.807) is 18.2 Å². The van der Waals surface area contributed by atoms with E-state index < -0.39 is 11.9 Å². The molecule has 0 saturated carbocycles. The Balaban J connectivity index is 2.30. The number of likely N-dealkylation sites (N-methyl/N-ethyl adjacent to an activating group) is 1. The molecule has 1 heterocycles. The van der Waals surface area contributed by atoms with Crippen molar-refractivity contribution in [3.63, 3.8) is 0 Å². The molecule has 0 radical (unpaired) electrons. The van der Waals surface area contributed by atoms with Crippen LogP contribution in [-0.4, -0.2) is 25.5 Å². The maximum atomic E-state index is 11.3. The highest BCUT2D eigenvalue weighted by Gasteiger charge is 2.29. The molecular weight excluding hydrogens is 206 g/mol. The summed E-state index contributed by atoms with van der Waals surface area (Å²) < 4.78 is 4.50. The van der Waals surface area contributed by atoms with Crippen LogP contribution in [0.1, 0.15) is 26.3 Å². The second-order valence-electron chi connectivity index (χ2n) is 3.44. The van der Waals surface area contributed by atoms with Crippen LogP contribution >= 0.6 is 0 Å². The normalized spacial score (nSPS) is 14.3. The Hall–Kier alpha value is -1.94. The van der Waals surface area contributed by atoms with Gasteiger partial charge in [-0.1, -0.05) is 18.2 Å². The molecule has 0 atom stereocenters. The van der Waals surface area contributed by atoms with Crippen molar-refractivity contribution >= 4 is 18.0 Å². The molecule has 1 aliphatic rings. The monoisotopic (exact) mass is 217 g/mol. The van der Waals surface area contributed by atoms with E-state index in [2.05, 4.69) is 10.1 Å². The zero-order valence-electron chi connectivity index (χ0n) is 8.82. The van der Waals surface area contributed by atoms with E-state index in [0.717, 1.165) is 12.1 Å². The van der Waals surface area contributed by atoms with E-state index in [4.69, 9.17) is 0 Å². The Labute approximate surface area is 92.9 Å². The van der Waals surface area contributed by atoms with E-state index in [0.29, 0.717) is 11.1 Å². The minimum absolute atomic E-state index is 0.343. The molecule has 0 fully saturated rings.